The van der Waals surface area contributed by atoms with Crippen LogP contribution in [0, 0.1) is 11.3 Å². The number of halogens is 1. The molecule has 5 heteroatoms. The van der Waals surface area contributed by atoms with Gasteiger partial charge in [-0.2, -0.15) is 5.26 Å². The van der Waals surface area contributed by atoms with Crippen LogP contribution in [-0.2, 0) is 0 Å². The van der Waals surface area contributed by atoms with Gasteiger partial charge in [0.2, 0.25) is 0 Å². The van der Waals surface area contributed by atoms with Crippen molar-refractivity contribution >= 4 is 27.5 Å². The molecular weight excluding hydrogens is 320 g/mol. The number of benzene rings is 2. The molecule has 0 saturated heterocycles. The SMILES string of the molecule is CN(C(=O)c1ccc(Br)cc1O)c1ccccc1C#N. The lowest BCUT2D eigenvalue weighted by Crippen LogP contribution is -2.27. The highest BCUT2D eigenvalue weighted by Gasteiger charge is 2.19. The summed E-state index contributed by atoms with van der Waals surface area (Å²) in [7, 11) is 1.57. The van der Waals surface area contributed by atoms with E-state index in [9.17, 15) is 9.90 Å². The number of carbonyl (C=O) groups excluding carboxylic acids is 1. The van der Waals surface area contributed by atoms with Crippen LogP contribution >= 0.6 is 15.9 Å². The largest absolute Gasteiger partial charge is 0.507 e. The molecule has 1 N–H and O–H groups in total. The minimum Gasteiger partial charge on any atom is -0.507 e. The Morgan fingerprint density at radius 2 is 2.00 bits per heavy atom. The number of para-hydroxylation sites is 1. The molecule has 0 fully saturated rings. The Bertz CT molecular complexity index is 707. The van der Waals surface area contributed by atoms with Crippen molar-refractivity contribution in [2.24, 2.45) is 0 Å². The number of phenols is 1. The van der Waals surface area contributed by atoms with Crippen LogP contribution in [-0.4, -0.2) is 18.1 Å². The van der Waals surface area contributed by atoms with Crippen molar-refractivity contribution in [2.45, 2.75) is 0 Å². The molecule has 2 aromatic rings. The quantitative estimate of drug-likeness (QED) is 0.918. The van der Waals surface area contributed by atoms with E-state index in [1.165, 1.54) is 17.0 Å². The van der Waals surface area contributed by atoms with Crippen LogP contribution in [0.3, 0.4) is 0 Å². The first kappa shape index (κ1) is 14.1. The Morgan fingerprint density at radius 3 is 2.65 bits per heavy atom. The number of carbonyl (C=O) groups is 1. The molecule has 1 amide bonds. The Hall–Kier alpha value is -2.32. The number of nitrogens with zero attached hydrogens (tertiary/aromatic N) is 2. The molecule has 2 rings (SSSR count). The number of amides is 1. The van der Waals surface area contributed by atoms with Crippen molar-refractivity contribution < 1.29 is 9.90 Å². The molecular formula is C15H11BrN2O2. The molecule has 0 aliphatic heterocycles. The van der Waals surface area contributed by atoms with Gasteiger partial charge in [0, 0.05) is 11.5 Å². The van der Waals surface area contributed by atoms with Gasteiger partial charge < -0.3 is 10.0 Å². The van der Waals surface area contributed by atoms with Crippen LogP contribution < -0.4 is 4.90 Å². The van der Waals surface area contributed by atoms with Gasteiger partial charge in [0.15, 0.2) is 0 Å². The lowest BCUT2D eigenvalue weighted by Gasteiger charge is -2.19. The summed E-state index contributed by atoms with van der Waals surface area (Å²) in [6, 6.07) is 13.5. The monoisotopic (exact) mass is 330 g/mol. The number of nitriles is 1. The average Bonchev–Trinajstić information content (AvgIpc) is 2.45. The third-order valence-corrected chi connectivity index (χ3v) is 3.37. The predicted octanol–water partition coefficient (Wildman–Crippen LogP) is 3.30. The van der Waals surface area contributed by atoms with Crippen molar-refractivity contribution in [1.29, 1.82) is 5.26 Å². The van der Waals surface area contributed by atoms with Crippen molar-refractivity contribution in [3.63, 3.8) is 0 Å². The fourth-order valence-corrected chi connectivity index (χ4v) is 2.19. The standard InChI is InChI=1S/C15H11BrN2O2/c1-18(13-5-3-2-4-10(13)9-17)15(20)12-7-6-11(16)8-14(12)19/h2-8,19H,1H3. The van der Waals surface area contributed by atoms with Gasteiger partial charge in [0.1, 0.15) is 11.8 Å². The topological polar surface area (TPSA) is 64.3 Å². The third-order valence-electron chi connectivity index (χ3n) is 2.88. The zero-order chi connectivity index (χ0) is 14.7. The highest BCUT2D eigenvalue weighted by Crippen LogP contribution is 2.26. The maximum Gasteiger partial charge on any atom is 0.261 e. The van der Waals surface area contributed by atoms with Gasteiger partial charge in [-0.3, -0.25) is 4.79 Å². The summed E-state index contributed by atoms with van der Waals surface area (Å²) >= 11 is 3.22. The second-order valence-electron chi connectivity index (χ2n) is 4.15. The number of rotatable bonds is 2. The molecule has 0 saturated carbocycles. The van der Waals surface area contributed by atoms with Crippen LogP contribution in [0.4, 0.5) is 5.69 Å². The Kier molecular flexibility index (Phi) is 4.06. The van der Waals surface area contributed by atoms with E-state index in [-0.39, 0.29) is 17.2 Å². The van der Waals surface area contributed by atoms with Gasteiger partial charge in [0.25, 0.3) is 5.91 Å². The van der Waals surface area contributed by atoms with Gasteiger partial charge in [-0.05, 0) is 30.3 Å². The number of aromatic hydroxyl groups is 1. The molecule has 0 heterocycles. The lowest BCUT2D eigenvalue weighted by atomic mass is 10.1. The van der Waals surface area contributed by atoms with E-state index < -0.39 is 0 Å². The number of hydrogen-bond donors (Lipinski definition) is 1. The highest BCUT2D eigenvalue weighted by molar-refractivity contribution is 9.10. The summed E-state index contributed by atoms with van der Waals surface area (Å²) in [6.45, 7) is 0. The molecule has 0 bridgehead atoms. The number of anilines is 1. The zero-order valence-corrected chi connectivity index (χ0v) is 12.3. The summed E-state index contributed by atoms with van der Waals surface area (Å²) in [5.74, 6) is -0.483. The summed E-state index contributed by atoms with van der Waals surface area (Å²) in [4.78, 5) is 13.7. The normalized spacial score (nSPS) is 9.85. The fraction of sp³-hybridized carbons (Fsp3) is 0.0667. The number of hydrogen-bond acceptors (Lipinski definition) is 3. The summed E-state index contributed by atoms with van der Waals surface area (Å²) in [5.41, 5.74) is 1.09. The molecule has 0 spiro atoms. The zero-order valence-electron chi connectivity index (χ0n) is 10.7. The Morgan fingerprint density at radius 1 is 1.30 bits per heavy atom. The predicted molar refractivity (Wildman–Crippen MR) is 79.7 cm³/mol. The maximum atomic E-state index is 12.4. The Labute approximate surface area is 125 Å². The summed E-state index contributed by atoms with van der Waals surface area (Å²) in [5, 5.41) is 18.9. The van der Waals surface area contributed by atoms with Crippen LogP contribution in [0.1, 0.15) is 15.9 Å². The molecule has 4 nitrogen and oxygen atoms in total. The van der Waals surface area contributed by atoms with E-state index in [4.69, 9.17) is 5.26 Å². The average molecular weight is 331 g/mol. The van der Waals surface area contributed by atoms with Gasteiger partial charge in [-0.15, -0.1) is 0 Å². The van der Waals surface area contributed by atoms with E-state index in [0.29, 0.717) is 15.7 Å². The highest BCUT2D eigenvalue weighted by atomic mass is 79.9. The second kappa shape index (κ2) is 5.76. The lowest BCUT2D eigenvalue weighted by molar-refractivity contribution is 0.0990. The van der Waals surface area contributed by atoms with Crippen LogP contribution in [0.15, 0.2) is 46.9 Å². The molecule has 0 aliphatic carbocycles. The van der Waals surface area contributed by atoms with E-state index in [2.05, 4.69) is 15.9 Å². The fourth-order valence-electron chi connectivity index (χ4n) is 1.84. The first-order valence-corrected chi connectivity index (χ1v) is 6.59. The van der Waals surface area contributed by atoms with E-state index >= 15 is 0 Å². The first-order valence-electron chi connectivity index (χ1n) is 5.80. The Balaban J connectivity index is 2.41. The van der Waals surface area contributed by atoms with Gasteiger partial charge in [-0.1, -0.05) is 28.1 Å². The van der Waals surface area contributed by atoms with Crippen molar-refractivity contribution in [1.82, 2.24) is 0 Å². The maximum absolute atomic E-state index is 12.4. The first-order chi connectivity index (χ1) is 9.54. The molecule has 100 valence electrons. The van der Waals surface area contributed by atoms with E-state index in [1.807, 2.05) is 6.07 Å². The van der Waals surface area contributed by atoms with Gasteiger partial charge in [0.05, 0.1) is 16.8 Å². The van der Waals surface area contributed by atoms with Gasteiger partial charge >= 0.3 is 0 Å². The van der Waals surface area contributed by atoms with Crippen LogP contribution in [0.5, 0.6) is 5.75 Å². The third kappa shape index (κ3) is 2.65. The molecule has 0 atom stereocenters. The number of phenolic OH excluding ortho intramolecular Hbond substituents is 1. The molecule has 0 aliphatic rings. The molecule has 0 unspecified atom stereocenters. The smallest absolute Gasteiger partial charge is 0.261 e. The summed E-state index contributed by atoms with van der Waals surface area (Å²) in [6.07, 6.45) is 0. The molecule has 2 aromatic carbocycles. The summed E-state index contributed by atoms with van der Waals surface area (Å²) < 4.78 is 0.687. The van der Waals surface area contributed by atoms with E-state index in [0.717, 1.165) is 0 Å². The van der Waals surface area contributed by atoms with E-state index in [1.54, 1.807) is 37.4 Å². The second-order valence-corrected chi connectivity index (χ2v) is 5.07. The molecule has 0 aromatic heterocycles. The molecule has 0 radical (unpaired) electrons. The van der Waals surface area contributed by atoms with Crippen molar-refractivity contribution in [2.75, 3.05) is 11.9 Å². The van der Waals surface area contributed by atoms with Gasteiger partial charge in [-0.25, -0.2) is 0 Å². The molecule has 20 heavy (non-hydrogen) atoms. The van der Waals surface area contributed by atoms with Crippen LogP contribution in [0.2, 0.25) is 0 Å². The van der Waals surface area contributed by atoms with Crippen LogP contribution in [0.25, 0.3) is 0 Å². The minimum absolute atomic E-state index is 0.106. The van der Waals surface area contributed by atoms with Crippen molar-refractivity contribution in [3.8, 4) is 11.8 Å². The van der Waals surface area contributed by atoms with Crippen molar-refractivity contribution in [3.05, 3.63) is 58.1 Å². The minimum atomic E-state index is -0.377.